The van der Waals surface area contributed by atoms with Crippen molar-refractivity contribution in [1.82, 2.24) is 5.43 Å². The molecular weight excluding hydrogens is 476 g/mol. The normalized spacial score (nSPS) is 10.6. The van der Waals surface area contributed by atoms with Crippen LogP contribution < -0.4 is 19.6 Å². The number of carbonyl (C=O) groups excluding carboxylic acids is 2. The molecule has 0 unspecified atom stereocenters. The maximum Gasteiger partial charge on any atom is 0.343 e. The lowest BCUT2D eigenvalue weighted by Gasteiger charge is -2.09. The van der Waals surface area contributed by atoms with E-state index in [2.05, 4.69) is 26.5 Å². The van der Waals surface area contributed by atoms with E-state index in [1.807, 2.05) is 25.1 Å². The van der Waals surface area contributed by atoms with Gasteiger partial charge in [-0.3, -0.25) is 4.79 Å². The van der Waals surface area contributed by atoms with Gasteiger partial charge in [0.1, 0.15) is 17.2 Å². The third-order valence-electron chi connectivity index (χ3n) is 4.08. The molecule has 0 radical (unpaired) electrons. The first-order valence-electron chi connectivity index (χ1n) is 9.79. The first kappa shape index (κ1) is 23.0. The Bertz CT molecular complexity index is 1090. The number of hydrogen-bond donors (Lipinski definition) is 1. The van der Waals surface area contributed by atoms with Gasteiger partial charge in [0, 0.05) is 10.0 Å². The van der Waals surface area contributed by atoms with Gasteiger partial charge in [-0.25, -0.2) is 10.2 Å². The molecule has 0 heterocycles. The predicted octanol–water partition coefficient (Wildman–Crippen LogP) is 4.60. The number of nitrogens with zero attached hydrogens (tertiary/aromatic N) is 1. The van der Waals surface area contributed by atoms with Crippen molar-refractivity contribution in [3.8, 4) is 17.2 Å². The highest BCUT2D eigenvalue weighted by Crippen LogP contribution is 2.23. The minimum absolute atomic E-state index is 0.181. The Labute approximate surface area is 194 Å². The standard InChI is InChI=1S/C24H21BrN2O5/c1-2-30-21-11-8-17(9-12-21)24(29)32-22-13-10-19(25)14-18(22)15-26-27-23(28)16-31-20-6-4-3-5-7-20/h3-15H,2,16H2,1H3,(H,27,28)/b26-15-. The van der Waals surface area contributed by atoms with Gasteiger partial charge in [0.25, 0.3) is 5.91 Å². The highest BCUT2D eigenvalue weighted by molar-refractivity contribution is 9.10. The van der Waals surface area contributed by atoms with E-state index in [1.165, 1.54) is 6.21 Å². The number of hydrogen-bond acceptors (Lipinski definition) is 6. The van der Waals surface area contributed by atoms with Gasteiger partial charge in [0.15, 0.2) is 6.61 Å². The predicted molar refractivity (Wildman–Crippen MR) is 124 cm³/mol. The average Bonchev–Trinajstić information content (AvgIpc) is 2.81. The number of halogens is 1. The summed E-state index contributed by atoms with van der Waals surface area (Å²) in [5, 5.41) is 3.93. The molecule has 7 nitrogen and oxygen atoms in total. The monoisotopic (exact) mass is 496 g/mol. The van der Waals surface area contributed by atoms with Crippen LogP contribution in [0.1, 0.15) is 22.8 Å². The highest BCUT2D eigenvalue weighted by atomic mass is 79.9. The Balaban J connectivity index is 1.61. The molecule has 0 aliphatic carbocycles. The molecule has 0 aliphatic rings. The SMILES string of the molecule is CCOc1ccc(C(=O)Oc2ccc(Br)cc2/C=N\NC(=O)COc2ccccc2)cc1. The maximum atomic E-state index is 12.5. The molecule has 0 spiro atoms. The molecule has 0 saturated carbocycles. The van der Waals surface area contributed by atoms with E-state index >= 15 is 0 Å². The van der Waals surface area contributed by atoms with E-state index in [-0.39, 0.29) is 6.61 Å². The number of ether oxygens (including phenoxy) is 3. The first-order chi connectivity index (χ1) is 15.5. The lowest BCUT2D eigenvalue weighted by Crippen LogP contribution is -2.24. The molecule has 0 aliphatic heterocycles. The molecule has 0 bridgehead atoms. The molecule has 0 fully saturated rings. The maximum absolute atomic E-state index is 12.5. The van der Waals surface area contributed by atoms with Gasteiger partial charge in [0.2, 0.25) is 0 Å². The Kier molecular flexibility index (Phi) is 8.39. The van der Waals surface area contributed by atoms with Crippen LogP contribution in [0.25, 0.3) is 0 Å². The van der Waals surface area contributed by atoms with Gasteiger partial charge in [-0.2, -0.15) is 5.10 Å². The Morgan fingerprint density at radius 3 is 2.41 bits per heavy atom. The van der Waals surface area contributed by atoms with Crippen LogP contribution in [0.2, 0.25) is 0 Å². The zero-order chi connectivity index (χ0) is 22.8. The van der Waals surface area contributed by atoms with Gasteiger partial charge in [0.05, 0.1) is 18.4 Å². The van der Waals surface area contributed by atoms with E-state index in [1.54, 1.807) is 54.6 Å². The van der Waals surface area contributed by atoms with Crippen molar-refractivity contribution in [2.75, 3.05) is 13.2 Å². The molecule has 164 valence electrons. The summed E-state index contributed by atoms with van der Waals surface area (Å²) >= 11 is 3.38. The van der Waals surface area contributed by atoms with Crippen molar-refractivity contribution in [3.63, 3.8) is 0 Å². The third-order valence-corrected chi connectivity index (χ3v) is 4.57. The van der Waals surface area contributed by atoms with Crippen LogP contribution in [-0.4, -0.2) is 31.3 Å². The molecule has 3 aromatic rings. The largest absolute Gasteiger partial charge is 0.494 e. The van der Waals surface area contributed by atoms with Crippen LogP contribution >= 0.6 is 15.9 Å². The number of para-hydroxylation sites is 1. The number of amides is 1. The second-order valence-corrected chi connectivity index (χ2v) is 7.34. The van der Waals surface area contributed by atoms with Crippen LogP contribution in [0.15, 0.2) is 82.4 Å². The molecule has 3 aromatic carbocycles. The Morgan fingerprint density at radius 1 is 0.969 bits per heavy atom. The van der Waals surface area contributed by atoms with E-state index in [4.69, 9.17) is 14.2 Å². The van der Waals surface area contributed by atoms with Gasteiger partial charge >= 0.3 is 5.97 Å². The number of nitrogens with one attached hydrogen (secondary N) is 1. The number of esters is 1. The van der Waals surface area contributed by atoms with E-state index in [9.17, 15) is 9.59 Å². The van der Waals surface area contributed by atoms with E-state index in [0.717, 1.165) is 4.47 Å². The summed E-state index contributed by atoms with van der Waals surface area (Å²) < 4.78 is 17.0. The lowest BCUT2D eigenvalue weighted by atomic mass is 10.2. The van der Waals surface area contributed by atoms with Crippen molar-refractivity contribution in [2.45, 2.75) is 6.92 Å². The fourth-order valence-corrected chi connectivity index (χ4v) is 2.98. The van der Waals surface area contributed by atoms with Gasteiger partial charge in [-0.15, -0.1) is 0 Å². The minimum atomic E-state index is -0.523. The summed E-state index contributed by atoms with van der Waals surface area (Å²) in [5.74, 6) is 0.610. The Morgan fingerprint density at radius 2 is 1.69 bits per heavy atom. The first-order valence-corrected chi connectivity index (χ1v) is 10.6. The number of rotatable bonds is 9. The van der Waals surface area contributed by atoms with E-state index < -0.39 is 11.9 Å². The van der Waals surface area contributed by atoms with Crippen LogP contribution in [0.4, 0.5) is 0 Å². The number of carbonyl (C=O) groups is 2. The van der Waals surface area contributed by atoms with Crippen molar-refractivity contribution >= 4 is 34.0 Å². The Hall–Kier alpha value is -3.65. The van der Waals surface area contributed by atoms with E-state index in [0.29, 0.717) is 35.0 Å². The molecule has 1 amide bonds. The molecule has 3 rings (SSSR count). The summed E-state index contributed by atoms with van der Waals surface area (Å²) in [6.45, 7) is 2.25. The van der Waals surface area contributed by atoms with Crippen LogP contribution in [0, 0.1) is 0 Å². The summed E-state index contributed by atoms with van der Waals surface area (Å²) in [5.41, 5.74) is 3.27. The molecule has 0 aromatic heterocycles. The van der Waals surface area contributed by atoms with Gasteiger partial charge < -0.3 is 14.2 Å². The van der Waals surface area contributed by atoms with Crippen LogP contribution in [0.3, 0.4) is 0 Å². The molecule has 32 heavy (non-hydrogen) atoms. The summed E-state index contributed by atoms with van der Waals surface area (Å²) in [7, 11) is 0. The third kappa shape index (κ3) is 6.95. The van der Waals surface area contributed by atoms with Crippen LogP contribution in [0.5, 0.6) is 17.2 Å². The number of benzene rings is 3. The summed E-state index contributed by atoms with van der Waals surface area (Å²) in [4.78, 5) is 24.5. The fraction of sp³-hybridized carbons (Fsp3) is 0.125. The topological polar surface area (TPSA) is 86.2 Å². The zero-order valence-electron chi connectivity index (χ0n) is 17.3. The van der Waals surface area contributed by atoms with Crippen molar-refractivity contribution in [2.24, 2.45) is 5.10 Å². The zero-order valence-corrected chi connectivity index (χ0v) is 18.9. The molecular formula is C24H21BrN2O5. The van der Waals surface area contributed by atoms with Crippen molar-refractivity contribution in [3.05, 3.63) is 88.4 Å². The smallest absolute Gasteiger partial charge is 0.343 e. The molecule has 0 atom stereocenters. The lowest BCUT2D eigenvalue weighted by molar-refractivity contribution is -0.123. The van der Waals surface area contributed by atoms with Crippen LogP contribution in [-0.2, 0) is 4.79 Å². The molecule has 0 saturated heterocycles. The molecule has 1 N–H and O–H groups in total. The highest BCUT2D eigenvalue weighted by Gasteiger charge is 2.12. The average molecular weight is 497 g/mol. The molecule has 8 heteroatoms. The van der Waals surface area contributed by atoms with Crippen molar-refractivity contribution < 1.29 is 23.8 Å². The number of hydrazone groups is 1. The van der Waals surface area contributed by atoms with Crippen molar-refractivity contribution in [1.29, 1.82) is 0 Å². The summed E-state index contributed by atoms with van der Waals surface area (Å²) in [6.07, 6.45) is 1.39. The fourth-order valence-electron chi connectivity index (χ4n) is 2.60. The second kappa shape index (κ2) is 11.7. The minimum Gasteiger partial charge on any atom is -0.494 e. The quantitative estimate of drug-likeness (QED) is 0.202. The second-order valence-electron chi connectivity index (χ2n) is 6.42. The van der Waals surface area contributed by atoms with Gasteiger partial charge in [-0.1, -0.05) is 34.1 Å². The summed E-state index contributed by atoms with van der Waals surface area (Å²) in [6, 6.07) is 20.8. The van der Waals surface area contributed by atoms with Gasteiger partial charge in [-0.05, 0) is 61.5 Å².